The first-order valence-electron chi connectivity index (χ1n) is 12.3. The summed E-state index contributed by atoms with van der Waals surface area (Å²) in [5.74, 6) is 1.42. The SMILES string of the molecule is CCOC(=O)CCN(C(N)=O)c1cc2ccn(C3CCC4(CCB(C#N)CC4)CC3)c2cc1F. The molecule has 1 saturated heterocycles. The van der Waals surface area contributed by atoms with Gasteiger partial charge in [-0.1, -0.05) is 25.5 Å². The van der Waals surface area contributed by atoms with E-state index in [2.05, 4.69) is 10.5 Å². The number of ether oxygens (including phenoxy) is 1. The van der Waals surface area contributed by atoms with Crippen molar-refractivity contribution in [3.63, 3.8) is 0 Å². The van der Waals surface area contributed by atoms with Gasteiger partial charge in [-0.15, -0.1) is 0 Å². The second kappa shape index (κ2) is 10.1. The van der Waals surface area contributed by atoms with E-state index in [4.69, 9.17) is 10.5 Å². The molecule has 2 fully saturated rings. The predicted octanol–water partition coefficient (Wildman–Crippen LogP) is 5.07. The molecule has 34 heavy (non-hydrogen) atoms. The molecule has 2 aliphatic rings. The van der Waals surface area contributed by atoms with E-state index >= 15 is 4.39 Å². The van der Waals surface area contributed by atoms with Crippen LogP contribution < -0.4 is 10.6 Å². The minimum absolute atomic E-state index is 0.0470. The molecule has 4 rings (SSSR count). The topological polar surface area (TPSA) is 101 Å². The third kappa shape index (κ3) is 4.91. The molecule has 0 bridgehead atoms. The second-order valence-corrected chi connectivity index (χ2v) is 9.76. The fraction of sp³-hybridized carbons (Fsp3) is 0.560. The fourth-order valence-electron chi connectivity index (χ4n) is 5.83. The average Bonchev–Trinajstić information content (AvgIpc) is 3.23. The molecule has 0 atom stereocenters. The predicted molar refractivity (Wildman–Crippen MR) is 130 cm³/mol. The van der Waals surface area contributed by atoms with Crippen LogP contribution in [-0.4, -0.2) is 36.4 Å². The normalized spacial score (nSPS) is 18.1. The van der Waals surface area contributed by atoms with Gasteiger partial charge in [0, 0.05) is 36.2 Å². The molecule has 2 heterocycles. The van der Waals surface area contributed by atoms with Gasteiger partial charge < -0.3 is 15.0 Å². The molecular formula is C25H32BFN4O3. The van der Waals surface area contributed by atoms with Gasteiger partial charge in [-0.25, -0.2) is 14.4 Å². The van der Waals surface area contributed by atoms with Gasteiger partial charge in [0.25, 0.3) is 6.71 Å². The van der Waals surface area contributed by atoms with E-state index in [9.17, 15) is 14.9 Å². The minimum Gasteiger partial charge on any atom is -0.466 e. The maximum absolute atomic E-state index is 15.2. The van der Waals surface area contributed by atoms with Crippen molar-refractivity contribution in [1.82, 2.24) is 4.57 Å². The summed E-state index contributed by atoms with van der Waals surface area (Å²) in [7, 11) is 0. The summed E-state index contributed by atoms with van der Waals surface area (Å²) in [6, 6.07) is 4.52. The van der Waals surface area contributed by atoms with Gasteiger partial charge in [0.05, 0.1) is 24.2 Å². The fourth-order valence-corrected chi connectivity index (χ4v) is 5.83. The number of hydrogen-bond donors (Lipinski definition) is 1. The summed E-state index contributed by atoms with van der Waals surface area (Å²) in [6.07, 6.45) is 10.6. The number of nitrogens with zero attached hydrogens (tertiary/aromatic N) is 3. The number of esters is 1. The Morgan fingerprint density at radius 3 is 2.62 bits per heavy atom. The number of hydrogen-bond acceptors (Lipinski definition) is 4. The molecule has 1 aliphatic carbocycles. The Balaban J connectivity index is 1.49. The monoisotopic (exact) mass is 466 g/mol. The molecule has 180 valence electrons. The maximum atomic E-state index is 15.2. The zero-order chi connectivity index (χ0) is 24.3. The molecule has 1 saturated carbocycles. The van der Waals surface area contributed by atoms with Crippen LogP contribution in [0.2, 0.25) is 12.6 Å². The number of carbonyl (C=O) groups is 2. The number of nitrogens with two attached hydrogens (primary N) is 1. The van der Waals surface area contributed by atoms with Crippen molar-refractivity contribution in [3.8, 4) is 5.97 Å². The van der Waals surface area contributed by atoms with Gasteiger partial charge in [-0.05, 0) is 50.2 Å². The van der Waals surface area contributed by atoms with Gasteiger partial charge in [0.1, 0.15) is 5.82 Å². The number of rotatable bonds is 6. The number of aromatic nitrogens is 1. The Morgan fingerprint density at radius 2 is 2.00 bits per heavy atom. The first-order chi connectivity index (χ1) is 16.4. The highest BCUT2D eigenvalue weighted by molar-refractivity contribution is 6.67. The number of amides is 2. The average molecular weight is 466 g/mol. The van der Waals surface area contributed by atoms with Gasteiger partial charge >= 0.3 is 12.0 Å². The lowest BCUT2D eigenvalue weighted by Gasteiger charge is -2.44. The Morgan fingerprint density at radius 1 is 1.29 bits per heavy atom. The summed E-state index contributed by atoms with van der Waals surface area (Å²) in [5.41, 5.74) is 6.73. The van der Waals surface area contributed by atoms with Crippen LogP contribution in [0.5, 0.6) is 0 Å². The van der Waals surface area contributed by atoms with Gasteiger partial charge in [-0.2, -0.15) is 0 Å². The Labute approximate surface area is 200 Å². The van der Waals surface area contributed by atoms with E-state index in [0.29, 0.717) is 11.5 Å². The number of primary amides is 1. The van der Waals surface area contributed by atoms with Crippen molar-refractivity contribution >= 4 is 35.3 Å². The molecule has 2 aromatic rings. The Kier molecular flexibility index (Phi) is 7.15. The van der Waals surface area contributed by atoms with Gasteiger partial charge in [0.15, 0.2) is 0 Å². The van der Waals surface area contributed by atoms with Crippen molar-refractivity contribution in [2.24, 2.45) is 11.1 Å². The number of anilines is 1. The quantitative estimate of drug-likeness (QED) is 0.474. The maximum Gasteiger partial charge on any atom is 0.319 e. The van der Waals surface area contributed by atoms with E-state index in [1.54, 1.807) is 13.0 Å². The van der Waals surface area contributed by atoms with Crippen LogP contribution in [0.15, 0.2) is 24.4 Å². The standard InChI is InChI=1S/C25H32BFN4O3/c1-2-34-23(32)6-14-31(24(29)33)22-15-18-5-13-30(21(18)16-20(22)27)19-3-7-25(8-4-19)9-11-26(17-28)12-10-25/h5,13,15-16,19H,2-4,6-12,14H2,1H3,(H2,29,33). The molecule has 1 aromatic carbocycles. The third-order valence-electron chi connectivity index (χ3n) is 7.83. The van der Waals surface area contributed by atoms with Crippen LogP contribution in [0.25, 0.3) is 10.9 Å². The zero-order valence-corrected chi connectivity index (χ0v) is 19.8. The van der Waals surface area contributed by atoms with Crippen molar-refractivity contribution in [1.29, 1.82) is 5.26 Å². The summed E-state index contributed by atoms with van der Waals surface area (Å²) in [4.78, 5) is 24.8. The minimum atomic E-state index is -0.814. The van der Waals surface area contributed by atoms with Crippen molar-refractivity contribution in [2.75, 3.05) is 18.1 Å². The van der Waals surface area contributed by atoms with Crippen LogP contribution >= 0.6 is 0 Å². The summed E-state index contributed by atoms with van der Waals surface area (Å²) in [6.45, 7) is 2.11. The first kappa shape index (κ1) is 24.1. The zero-order valence-electron chi connectivity index (χ0n) is 19.8. The van der Waals surface area contributed by atoms with Crippen LogP contribution in [-0.2, 0) is 9.53 Å². The van der Waals surface area contributed by atoms with E-state index in [1.165, 1.54) is 6.07 Å². The number of benzene rings is 1. The lowest BCUT2D eigenvalue weighted by atomic mass is 9.38. The lowest BCUT2D eigenvalue weighted by Crippen LogP contribution is -2.38. The molecular weight excluding hydrogens is 434 g/mol. The molecule has 7 nitrogen and oxygen atoms in total. The number of urea groups is 1. The van der Waals surface area contributed by atoms with E-state index < -0.39 is 17.8 Å². The molecule has 0 radical (unpaired) electrons. The number of fused-ring (bicyclic) bond motifs is 1. The third-order valence-corrected chi connectivity index (χ3v) is 7.83. The van der Waals surface area contributed by atoms with E-state index in [0.717, 1.165) is 67.0 Å². The van der Waals surface area contributed by atoms with Gasteiger partial charge in [0.2, 0.25) is 0 Å². The molecule has 9 heteroatoms. The molecule has 1 spiro atoms. The first-order valence-corrected chi connectivity index (χ1v) is 12.3. The highest BCUT2D eigenvalue weighted by Gasteiger charge is 2.40. The highest BCUT2D eigenvalue weighted by Crippen LogP contribution is 2.50. The van der Waals surface area contributed by atoms with E-state index in [-0.39, 0.29) is 32.0 Å². The van der Waals surface area contributed by atoms with E-state index in [1.807, 2.05) is 12.3 Å². The Hall–Kier alpha value is -3.02. The van der Waals surface area contributed by atoms with Gasteiger partial charge in [-0.3, -0.25) is 9.69 Å². The number of carbonyl (C=O) groups excluding carboxylic acids is 2. The molecule has 1 aromatic heterocycles. The Bertz CT molecular complexity index is 1090. The number of nitriles is 1. The van der Waals surface area contributed by atoms with Crippen molar-refractivity contribution in [2.45, 2.75) is 70.6 Å². The molecule has 2 amide bonds. The van der Waals surface area contributed by atoms with Crippen LogP contribution in [0.1, 0.15) is 57.9 Å². The van der Waals surface area contributed by atoms with Crippen LogP contribution in [0.3, 0.4) is 0 Å². The van der Waals surface area contributed by atoms with Crippen molar-refractivity contribution in [3.05, 3.63) is 30.2 Å². The molecule has 2 N–H and O–H groups in total. The molecule has 0 unspecified atom stereocenters. The smallest absolute Gasteiger partial charge is 0.319 e. The summed E-state index contributed by atoms with van der Waals surface area (Å²) >= 11 is 0. The van der Waals surface area contributed by atoms with Crippen LogP contribution in [0.4, 0.5) is 14.9 Å². The molecule has 1 aliphatic heterocycles. The summed E-state index contributed by atoms with van der Waals surface area (Å²) < 4.78 is 22.2. The number of halogens is 1. The largest absolute Gasteiger partial charge is 0.466 e. The van der Waals surface area contributed by atoms with Crippen LogP contribution in [0, 0.1) is 22.5 Å². The second-order valence-electron chi connectivity index (χ2n) is 9.76. The highest BCUT2D eigenvalue weighted by atomic mass is 19.1. The summed E-state index contributed by atoms with van der Waals surface area (Å²) in [5, 5.41) is 10.0. The lowest BCUT2D eigenvalue weighted by molar-refractivity contribution is -0.142. The van der Waals surface area contributed by atoms with Crippen molar-refractivity contribution < 1.29 is 18.7 Å².